The third-order valence-electron chi connectivity index (χ3n) is 2.18. The van der Waals surface area contributed by atoms with Crippen LogP contribution >= 0.6 is 0 Å². The molecule has 1 aliphatic rings. The molecular weight excluding hydrogens is 196 g/mol. The summed E-state index contributed by atoms with van der Waals surface area (Å²) in [5, 5.41) is 8.52. The lowest BCUT2D eigenvalue weighted by atomic mass is 10.3. The Balaban J connectivity index is 0.000000921. The van der Waals surface area contributed by atoms with Crippen molar-refractivity contribution in [2.45, 2.75) is 20.8 Å². The lowest BCUT2D eigenvalue weighted by molar-refractivity contribution is -0.139. The molecule has 1 saturated heterocycles. The van der Waals surface area contributed by atoms with E-state index in [0.717, 1.165) is 0 Å². The van der Waals surface area contributed by atoms with Gasteiger partial charge in [0.2, 0.25) is 5.91 Å². The quantitative estimate of drug-likeness (QED) is 0.719. The number of hydrogen-bond acceptors (Lipinski definition) is 3. The van der Waals surface area contributed by atoms with Gasteiger partial charge >= 0.3 is 5.97 Å². The lowest BCUT2D eigenvalue weighted by Crippen LogP contribution is -2.49. The van der Waals surface area contributed by atoms with Gasteiger partial charge in [-0.1, -0.05) is 13.8 Å². The van der Waals surface area contributed by atoms with E-state index < -0.39 is 5.97 Å². The SMILES string of the molecule is CC.CC(=O)N1CCN(CC(=O)O)CC1. The summed E-state index contributed by atoms with van der Waals surface area (Å²) < 4.78 is 0. The highest BCUT2D eigenvalue weighted by molar-refractivity contribution is 5.73. The Hall–Kier alpha value is -1.10. The predicted octanol–water partition coefficient (Wildman–Crippen LogP) is 0.261. The second-order valence-electron chi connectivity index (χ2n) is 3.18. The van der Waals surface area contributed by atoms with Gasteiger partial charge in [-0.15, -0.1) is 0 Å². The molecule has 0 saturated carbocycles. The Morgan fingerprint density at radius 3 is 1.93 bits per heavy atom. The van der Waals surface area contributed by atoms with Gasteiger partial charge in [0.05, 0.1) is 6.54 Å². The van der Waals surface area contributed by atoms with E-state index in [4.69, 9.17) is 5.11 Å². The third kappa shape index (κ3) is 5.37. The molecule has 5 nitrogen and oxygen atoms in total. The molecule has 0 aromatic carbocycles. The molecular formula is C10H20N2O3. The van der Waals surface area contributed by atoms with Crippen LogP contribution in [0.15, 0.2) is 0 Å². The van der Waals surface area contributed by atoms with Crippen LogP contribution < -0.4 is 0 Å². The van der Waals surface area contributed by atoms with Gasteiger partial charge in [0.25, 0.3) is 0 Å². The number of aliphatic carboxylic acids is 1. The highest BCUT2D eigenvalue weighted by atomic mass is 16.4. The van der Waals surface area contributed by atoms with E-state index >= 15 is 0 Å². The molecule has 88 valence electrons. The summed E-state index contributed by atoms with van der Waals surface area (Å²) >= 11 is 0. The van der Waals surface area contributed by atoms with Crippen LogP contribution in [-0.4, -0.2) is 59.5 Å². The Morgan fingerprint density at radius 2 is 1.60 bits per heavy atom. The molecule has 0 bridgehead atoms. The number of amides is 1. The molecule has 0 aromatic heterocycles. The van der Waals surface area contributed by atoms with Gasteiger partial charge in [-0.3, -0.25) is 14.5 Å². The zero-order chi connectivity index (χ0) is 11.8. The van der Waals surface area contributed by atoms with Crippen molar-refractivity contribution in [2.24, 2.45) is 0 Å². The number of carbonyl (C=O) groups excluding carboxylic acids is 1. The lowest BCUT2D eigenvalue weighted by Gasteiger charge is -2.33. The van der Waals surface area contributed by atoms with Gasteiger partial charge in [-0.25, -0.2) is 0 Å². The average Bonchev–Trinajstić information content (AvgIpc) is 2.20. The largest absolute Gasteiger partial charge is 0.480 e. The molecule has 1 N–H and O–H groups in total. The fourth-order valence-electron chi connectivity index (χ4n) is 1.41. The number of carboxylic acid groups (broad SMARTS) is 1. The van der Waals surface area contributed by atoms with Gasteiger partial charge in [0.1, 0.15) is 0 Å². The van der Waals surface area contributed by atoms with Crippen molar-refractivity contribution in [2.75, 3.05) is 32.7 Å². The van der Waals surface area contributed by atoms with Crippen LogP contribution in [0.25, 0.3) is 0 Å². The first-order valence-electron chi connectivity index (χ1n) is 5.29. The summed E-state index contributed by atoms with van der Waals surface area (Å²) in [7, 11) is 0. The summed E-state index contributed by atoms with van der Waals surface area (Å²) in [4.78, 5) is 24.8. The number of rotatable bonds is 2. The van der Waals surface area contributed by atoms with E-state index in [2.05, 4.69) is 0 Å². The smallest absolute Gasteiger partial charge is 0.317 e. The van der Waals surface area contributed by atoms with Crippen molar-refractivity contribution in [3.8, 4) is 0 Å². The normalized spacial score (nSPS) is 16.6. The maximum atomic E-state index is 10.9. The van der Waals surface area contributed by atoms with Crippen molar-refractivity contribution >= 4 is 11.9 Å². The van der Waals surface area contributed by atoms with E-state index in [1.54, 1.807) is 4.90 Å². The first kappa shape index (κ1) is 13.9. The molecule has 1 fully saturated rings. The zero-order valence-corrected chi connectivity index (χ0v) is 9.69. The molecule has 1 aliphatic heterocycles. The first-order chi connectivity index (χ1) is 7.09. The Labute approximate surface area is 90.7 Å². The van der Waals surface area contributed by atoms with Crippen LogP contribution in [-0.2, 0) is 9.59 Å². The topological polar surface area (TPSA) is 60.9 Å². The van der Waals surface area contributed by atoms with Crippen LogP contribution in [0.5, 0.6) is 0 Å². The minimum Gasteiger partial charge on any atom is -0.480 e. The van der Waals surface area contributed by atoms with E-state index in [0.29, 0.717) is 26.2 Å². The van der Waals surface area contributed by atoms with Crippen LogP contribution in [0.2, 0.25) is 0 Å². The predicted molar refractivity (Wildman–Crippen MR) is 57.7 cm³/mol. The van der Waals surface area contributed by atoms with E-state index in [1.807, 2.05) is 18.7 Å². The van der Waals surface area contributed by atoms with Gasteiger partial charge in [0.15, 0.2) is 0 Å². The number of piperazine rings is 1. The van der Waals surface area contributed by atoms with Crippen molar-refractivity contribution < 1.29 is 14.7 Å². The molecule has 5 heteroatoms. The highest BCUT2D eigenvalue weighted by Gasteiger charge is 2.19. The molecule has 0 atom stereocenters. The van der Waals surface area contributed by atoms with Crippen LogP contribution in [0, 0.1) is 0 Å². The van der Waals surface area contributed by atoms with Gasteiger partial charge < -0.3 is 10.0 Å². The van der Waals surface area contributed by atoms with Crippen LogP contribution in [0.3, 0.4) is 0 Å². The highest BCUT2D eigenvalue weighted by Crippen LogP contribution is 2.00. The molecule has 0 radical (unpaired) electrons. The maximum absolute atomic E-state index is 10.9. The minimum absolute atomic E-state index is 0.0648. The number of carboxylic acids is 1. The van der Waals surface area contributed by atoms with Crippen molar-refractivity contribution in [3.63, 3.8) is 0 Å². The second kappa shape index (κ2) is 7.23. The molecule has 0 unspecified atom stereocenters. The second-order valence-corrected chi connectivity index (χ2v) is 3.18. The van der Waals surface area contributed by atoms with E-state index in [-0.39, 0.29) is 12.5 Å². The van der Waals surface area contributed by atoms with Crippen molar-refractivity contribution in [1.29, 1.82) is 0 Å². The molecule has 0 aliphatic carbocycles. The molecule has 0 spiro atoms. The minimum atomic E-state index is -0.809. The Kier molecular flexibility index (Phi) is 6.70. The maximum Gasteiger partial charge on any atom is 0.317 e. The number of carbonyl (C=O) groups is 2. The van der Waals surface area contributed by atoms with Crippen LogP contribution in [0.4, 0.5) is 0 Å². The fraction of sp³-hybridized carbons (Fsp3) is 0.800. The third-order valence-corrected chi connectivity index (χ3v) is 2.18. The van der Waals surface area contributed by atoms with Crippen molar-refractivity contribution in [3.05, 3.63) is 0 Å². The molecule has 1 heterocycles. The van der Waals surface area contributed by atoms with E-state index in [1.165, 1.54) is 6.92 Å². The summed E-state index contributed by atoms with van der Waals surface area (Å²) in [5.74, 6) is -0.744. The molecule has 0 aromatic rings. The molecule has 1 amide bonds. The molecule has 1 rings (SSSR count). The van der Waals surface area contributed by atoms with Gasteiger partial charge in [-0.05, 0) is 0 Å². The van der Waals surface area contributed by atoms with Gasteiger partial charge in [-0.2, -0.15) is 0 Å². The van der Waals surface area contributed by atoms with Crippen molar-refractivity contribution in [1.82, 2.24) is 9.80 Å². The van der Waals surface area contributed by atoms with Gasteiger partial charge in [0, 0.05) is 33.1 Å². The summed E-state index contributed by atoms with van der Waals surface area (Å²) in [5.41, 5.74) is 0. The number of hydrogen-bond donors (Lipinski definition) is 1. The molecule has 15 heavy (non-hydrogen) atoms. The number of nitrogens with zero attached hydrogens (tertiary/aromatic N) is 2. The monoisotopic (exact) mass is 216 g/mol. The zero-order valence-electron chi connectivity index (χ0n) is 9.69. The standard InChI is InChI=1S/C8H14N2O3.C2H6/c1-7(11)10-4-2-9(3-5-10)6-8(12)13;1-2/h2-6H2,1H3,(H,12,13);1-2H3. The Bertz CT molecular complexity index is 211. The van der Waals surface area contributed by atoms with Crippen LogP contribution in [0.1, 0.15) is 20.8 Å². The fourth-order valence-corrected chi connectivity index (χ4v) is 1.41. The average molecular weight is 216 g/mol. The summed E-state index contributed by atoms with van der Waals surface area (Å²) in [6.07, 6.45) is 0. The van der Waals surface area contributed by atoms with E-state index in [9.17, 15) is 9.59 Å². The Morgan fingerprint density at radius 1 is 1.13 bits per heavy atom. The summed E-state index contributed by atoms with van der Waals surface area (Å²) in [6.45, 7) is 8.21. The summed E-state index contributed by atoms with van der Waals surface area (Å²) in [6, 6.07) is 0. The first-order valence-corrected chi connectivity index (χ1v) is 5.29.